The quantitative estimate of drug-likeness (QED) is 0.909. The fraction of sp³-hybridized carbons (Fsp3) is 0.438. The standard InChI is InChI=1S/C16H21N3/c1-2-10-19-12-14(11-18-19)15-8-9-17-16(15)13-6-4-3-5-7-13/h3-7,11-12,15-17H,2,8-10H2,1H3. The van der Waals surface area contributed by atoms with E-state index in [-0.39, 0.29) is 0 Å². The molecule has 0 amide bonds. The SMILES string of the molecule is CCCn1cc(C2CCNC2c2ccccc2)cn1. The van der Waals surface area contributed by atoms with Crippen LogP contribution in [0.3, 0.4) is 0 Å². The van der Waals surface area contributed by atoms with Gasteiger partial charge in [0.2, 0.25) is 0 Å². The number of nitrogens with zero attached hydrogens (tertiary/aromatic N) is 2. The summed E-state index contributed by atoms with van der Waals surface area (Å²) in [6.45, 7) is 4.28. The van der Waals surface area contributed by atoms with E-state index < -0.39 is 0 Å². The molecule has 1 aromatic carbocycles. The van der Waals surface area contributed by atoms with Gasteiger partial charge in [0.05, 0.1) is 6.20 Å². The summed E-state index contributed by atoms with van der Waals surface area (Å²) in [5, 5.41) is 8.09. The number of hydrogen-bond acceptors (Lipinski definition) is 2. The molecule has 1 aromatic heterocycles. The monoisotopic (exact) mass is 255 g/mol. The molecule has 100 valence electrons. The maximum absolute atomic E-state index is 4.47. The third-order valence-corrected chi connectivity index (χ3v) is 3.91. The van der Waals surface area contributed by atoms with Gasteiger partial charge in [-0.3, -0.25) is 4.68 Å². The van der Waals surface area contributed by atoms with Crippen LogP contribution in [0.2, 0.25) is 0 Å². The van der Waals surface area contributed by atoms with E-state index in [0.29, 0.717) is 12.0 Å². The van der Waals surface area contributed by atoms with Gasteiger partial charge in [-0.2, -0.15) is 5.10 Å². The molecule has 1 aliphatic heterocycles. The predicted octanol–water partition coefficient (Wildman–Crippen LogP) is 3.11. The van der Waals surface area contributed by atoms with Crippen molar-refractivity contribution in [1.82, 2.24) is 15.1 Å². The van der Waals surface area contributed by atoms with E-state index in [1.165, 1.54) is 17.5 Å². The normalized spacial score (nSPS) is 22.8. The number of hydrogen-bond donors (Lipinski definition) is 1. The van der Waals surface area contributed by atoms with Crippen LogP contribution in [0.1, 0.15) is 42.9 Å². The van der Waals surface area contributed by atoms with Crippen LogP contribution in [0.25, 0.3) is 0 Å². The van der Waals surface area contributed by atoms with E-state index in [1.54, 1.807) is 0 Å². The van der Waals surface area contributed by atoms with Gasteiger partial charge in [-0.05, 0) is 30.5 Å². The molecule has 2 aromatic rings. The minimum absolute atomic E-state index is 0.431. The van der Waals surface area contributed by atoms with Gasteiger partial charge in [0.1, 0.15) is 0 Å². The van der Waals surface area contributed by atoms with Gasteiger partial charge in [-0.25, -0.2) is 0 Å². The molecular weight excluding hydrogens is 234 g/mol. The Morgan fingerprint density at radius 1 is 1.26 bits per heavy atom. The number of aryl methyl sites for hydroxylation is 1. The molecule has 1 aliphatic rings. The van der Waals surface area contributed by atoms with E-state index in [0.717, 1.165) is 19.5 Å². The van der Waals surface area contributed by atoms with Crippen molar-refractivity contribution in [3.05, 3.63) is 53.9 Å². The maximum atomic E-state index is 4.47. The fourth-order valence-electron chi connectivity index (χ4n) is 3.00. The predicted molar refractivity (Wildman–Crippen MR) is 77.1 cm³/mol. The molecule has 3 rings (SSSR count). The van der Waals surface area contributed by atoms with Crippen molar-refractivity contribution in [2.45, 2.75) is 38.3 Å². The Morgan fingerprint density at radius 2 is 2.11 bits per heavy atom. The van der Waals surface area contributed by atoms with Gasteiger partial charge in [0.15, 0.2) is 0 Å². The Hall–Kier alpha value is -1.61. The summed E-state index contributed by atoms with van der Waals surface area (Å²) in [6, 6.07) is 11.2. The summed E-state index contributed by atoms with van der Waals surface area (Å²) < 4.78 is 2.07. The van der Waals surface area contributed by atoms with E-state index in [9.17, 15) is 0 Å². The van der Waals surface area contributed by atoms with Gasteiger partial charge in [0.25, 0.3) is 0 Å². The molecule has 3 heteroatoms. The molecule has 0 bridgehead atoms. The second kappa shape index (κ2) is 5.57. The second-order valence-corrected chi connectivity index (χ2v) is 5.27. The van der Waals surface area contributed by atoms with Crippen molar-refractivity contribution in [2.24, 2.45) is 0 Å². The highest BCUT2D eigenvalue weighted by Crippen LogP contribution is 2.37. The summed E-state index contributed by atoms with van der Waals surface area (Å²) in [4.78, 5) is 0. The summed E-state index contributed by atoms with van der Waals surface area (Å²) in [5.41, 5.74) is 2.75. The van der Waals surface area contributed by atoms with Gasteiger partial charge >= 0.3 is 0 Å². The van der Waals surface area contributed by atoms with E-state index >= 15 is 0 Å². The van der Waals surface area contributed by atoms with Crippen LogP contribution in [0.5, 0.6) is 0 Å². The molecule has 0 aliphatic carbocycles. The van der Waals surface area contributed by atoms with Crippen LogP contribution >= 0.6 is 0 Å². The van der Waals surface area contributed by atoms with Crippen LogP contribution in [0.4, 0.5) is 0 Å². The Kier molecular flexibility index (Phi) is 3.65. The van der Waals surface area contributed by atoms with E-state index in [1.807, 2.05) is 6.20 Å². The van der Waals surface area contributed by atoms with Crippen molar-refractivity contribution < 1.29 is 0 Å². The van der Waals surface area contributed by atoms with Crippen molar-refractivity contribution in [3.8, 4) is 0 Å². The lowest BCUT2D eigenvalue weighted by molar-refractivity contribution is 0.573. The van der Waals surface area contributed by atoms with Crippen molar-refractivity contribution in [3.63, 3.8) is 0 Å². The summed E-state index contributed by atoms with van der Waals surface area (Å²) >= 11 is 0. The Labute approximate surface area is 114 Å². The molecule has 1 N–H and O–H groups in total. The van der Waals surface area contributed by atoms with Crippen LogP contribution in [-0.2, 0) is 6.54 Å². The lowest BCUT2D eigenvalue weighted by atomic mass is 9.90. The molecule has 1 fully saturated rings. The third-order valence-electron chi connectivity index (χ3n) is 3.91. The molecule has 0 radical (unpaired) electrons. The topological polar surface area (TPSA) is 29.9 Å². The van der Waals surface area contributed by atoms with Crippen LogP contribution < -0.4 is 5.32 Å². The molecule has 0 saturated carbocycles. The zero-order chi connectivity index (χ0) is 13.1. The number of nitrogens with one attached hydrogen (secondary N) is 1. The molecular formula is C16H21N3. The lowest BCUT2D eigenvalue weighted by Gasteiger charge is -2.18. The average Bonchev–Trinajstić information content (AvgIpc) is 3.08. The van der Waals surface area contributed by atoms with E-state index in [4.69, 9.17) is 0 Å². The highest BCUT2D eigenvalue weighted by molar-refractivity contribution is 5.27. The molecule has 0 spiro atoms. The summed E-state index contributed by atoms with van der Waals surface area (Å²) in [6.07, 6.45) is 6.59. The highest BCUT2D eigenvalue weighted by atomic mass is 15.3. The fourth-order valence-corrected chi connectivity index (χ4v) is 3.00. The zero-order valence-corrected chi connectivity index (χ0v) is 11.4. The molecule has 2 atom stereocenters. The minimum Gasteiger partial charge on any atom is -0.309 e. The first-order chi connectivity index (χ1) is 9.38. The van der Waals surface area contributed by atoms with Gasteiger partial charge in [0, 0.05) is 24.7 Å². The molecule has 2 heterocycles. The first kappa shape index (κ1) is 12.4. The Morgan fingerprint density at radius 3 is 2.89 bits per heavy atom. The first-order valence-electron chi connectivity index (χ1n) is 7.19. The maximum Gasteiger partial charge on any atom is 0.0525 e. The average molecular weight is 255 g/mol. The van der Waals surface area contributed by atoms with Crippen molar-refractivity contribution >= 4 is 0 Å². The second-order valence-electron chi connectivity index (χ2n) is 5.27. The third kappa shape index (κ3) is 2.56. The summed E-state index contributed by atoms with van der Waals surface area (Å²) in [7, 11) is 0. The molecule has 1 saturated heterocycles. The van der Waals surface area contributed by atoms with Gasteiger partial charge in [-0.15, -0.1) is 0 Å². The highest BCUT2D eigenvalue weighted by Gasteiger charge is 2.30. The Bertz CT molecular complexity index is 518. The van der Waals surface area contributed by atoms with Crippen LogP contribution in [0, 0.1) is 0 Å². The summed E-state index contributed by atoms with van der Waals surface area (Å²) in [5.74, 6) is 0.549. The molecule has 2 unspecified atom stereocenters. The van der Waals surface area contributed by atoms with Gasteiger partial charge < -0.3 is 5.32 Å². The number of benzene rings is 1. The minimum atomic E-state index is 0.431. The molecule has 19 heavy (non-hydrogen) atoms. The largest absolute Gasteiger partial charge is 0.309 e. The Balaban J connectivity index is 1.82. The van der Waals surface area contributed by atoms with Crippen molar-refractivity contribution in [2.75, 3.05) is 6.54 Å². The van der Waals surface area contributed by atoms with Crippen LogP contribution in [-0.4, -0.2) is 16.3 Å². The van der Waals surface area contributed by atoms with E-state index in [2.05, 4.69) is 58.5 Å². The van der Waals surface area contributed by atoms with Gasteiger partial charge in [-0.1, -0.05) is 37.3 Å². The first-order valence-corrected chi connectivity index (χ1v) is 7.19. The smallest absolute Gasteiger partial charge is 0.0525 e. The van der Waals surface area contributed by atoms with Crippen LogP contribution in [0.15, 0.2) is 42.7 Å². The van der Waals surface area contributed by atoms with Crippen molar-refractivity contribution in [1.29, 1.82) is 0 Å². The number of rotatable bonds is 4. The molecule has 3 nitrogen and oxygen atoms in total. The zero-order valence-electron chi connectivity index (χ0n) is 11.4. The lowest BCUT2D eigenvalue weighted by Crippen LogP contribution is -2.16. The number of aromatic nitrogens is 2.